The Balaban J connectivity index is 0.000000189. The van der Waals surface area contributed by atoms with Crippen LogP contribution in [0, 0.1) is 0 Å². The lowest BCUT2D eigenvalue weighted by Gasteiger charge is -2.12. The van der Waals surface area contributed by atoms with Gasteiger partial charge >= 0.3 is 29.8 Å². The number of ether oxygens (including phenoxy) is 3. The Morgan fingerprint density at radius 2 is 0.793 bits per heavy atom. The summed E-state index contributed by atoms with van der Waals surface area (Å²) < 4.78 is 14.0. The van der Waals surface area contributed by atoms with Crippen LogP contribution in [-0.2, 0) is 31.8 Å². The lowest BCUT2D eigenvalue weighted by molar-refractivity contribution is -0.134. The molecular weight excluding hydrogens is 1050 g/mol. The van der Waals surface area contributed by atoms with E-state index in [0.29, 0.717) is 52.0 Å². The van der Waals surface area contributed by atoms with Crippen LogP contribution in [0.25, 0.3) is 0 Å². The van der Waals surface area contributed by atoms with Gasteiger partial charge in [0.05, 0.1) is 94.7 Å². The van der Waals surface area contributed by atoms with E-state index in [1.807, 2.05) is 84.9 Å². The fraction of sp³-hybridized carbons (Fsp3) is 0.0952. The molecule has 0 aliphatic carbocycles. The number of para-hydroxylation sites is 2. The summed E-state index contributed by atoms with van der Waals surface area (Å²) in [5.74, 6) is -4.28. The van der Waals surface area contributed by atoms with Crippen molar-refractivity contribution in [3.8, 4) is 0 Å². The maximum atomic E-state index is 12.1. The van der Waals surface area contributed by atoms with Crippen LogP contribution in [0.3, 0.4) is 0 Å². The summed E-state index contributed by atoms with van der Waals surface area (Å²) >= 11 is 0. The molecule has 2 aliphatic heterocycles. The van der Waals surface area contributed by atoms with E-state index in [9.17, 15) is 28.8 Å². The zero-order chi connectivity index (χ0) is 59.7. The number of nitrogen functional groups attached to an aromatic ring is 3. The molecule has 0 saturated heterocycles. The molecule has 0 saturated carbocycles. The number of carbonyl (C=O) groups excluding carboxylic acids is 4. The van der Waals surface area contributed by atoms with Gasteiger partial charge in [0.15, 0.2) is 0 Å². The minimum atomic E-state index is -0.892. The van der Waals surface area contributed by atoms with Gasteiger partial charge in [-0.3, -0.25) is 19.6 Å². The number of hydrogen-bond donors (Lipinski definition) is 7. The van der Waals surface area contributed by atoms with E-state index in [0.717, 1.165) is 52.0 Å². The van der Waals surface area contributed by atoms with Crippen LogP contribution in [0.5, 0.6) is 0 Å². The first-order valence-electron chi connectivity index (χ1n) is 24.7. The van der Waals surface area contributed by atoms with Crippen LogP contribution in [0.15, 0.2) is 204 Å². The van der Waals surface area contributed by atoms with E-state index in [1.54, 1.807) is 109 Å². The number of nitrogens with one attached hydrogen (secondary N) is 1. The molecular formula is C63H58N6O13. The third-order valence-electron chi connectivity index (χ3n) is 11.7. The standard InChI is InChI=1S/C16H13NO2.C15H14N2O3.C15H11NO2.C8H10N2O2.C7H6O2.C2H4O2/c1-19-16(18)12-8-5-9-14-13(12)10-15(17-14)11-6-3-2-4-7-11;1-20-15(19)11-8-5-9-12(16)13(11)17-14(18)10-6-3-2-4-7-10;17-15(18)11-7-4-8-13-12(11)9-14(16-13)10-5-2-1-3-6-10;1-12-8(11)5-3-2-4-6(9)7(5)10;8-7(9)6-4-2-1-3-5-6;1-2(3)4/h2-9H,10H2,1H3;2-9H,16H2,1H3,(H,17,18);1-8H,9H2,(H,17,18);2-4H,9-10H2,1H3;1-5H,(H,8,9);1H3,(H,3,4). The molecule has 0 atom stereocenters. The van der Waals surface area contributed by atoms with Gasteiger partial charge in [-0.25, -0.2) is 24.0 Å². The number of carboxylic acid groups (broad SMARTS) is 3. The molecule has 10 N–H and O–H groups in total. The van der Waals surface area contributed by atoms with Gasteiger partial charge in [0.25, 0.3) is 11.9 Å². The lowest BCUT2D eigenvalue weighted by Crippen LogP contribution is -2.16. The first kappa shape index (κ1) is 61.6. The Labute approximate surface area is 472 Å². The summed E-state index contributed by atoms with van der Waals surface area (Å²) in [6.45, 7) is 1.08. The van der Waals surface area contributed by atoms with Crippen LogP contribution in [0.4, 0.5) is 34.1 Å². The fourth-order valence-corrected chi connectivity index (χ4v) is 7.75. The van der Waals surface area contributed by atoms with Crippen molar-refractivity contribution in [1.29, 1.82) is 0 Å². The minimum Gasteiger partial charge on any atom is -0.481 e. The molecule has 1 amide bonds. The van der Waals surface area contributed by atoms with Crippen LogP contribution in [-0.4, -0.2) is 89.8 Å². The summed E-state index contributed by atoms with van der Waals surface area (Å²) in [5.41, 5.74) is 27.8. The smallest absolute Gasteiger partial charge is 0.340 e. The molecule has 2 heterocycles. The maximum absolute atomic E-state index is 12.1. The highest BCUT2D eigenvalue weighted by Gasteiger charge is 2.24. The number of hydrogen-bond acceptors (Lipinski definition) is 15. The molecule has 0 spiro atoms. The highest BCUT2D eigenvalue weighted by Crippen LogP contribution is 2.33. The molecule has 82 heavy (non-hydrogen) atoms. The first-order valence-corrected chi connectivity index (χ1v) is 24.7. The molecule has 418 valence electrons. The maximum Gasteiger partial charge on any atom is 0.340 e. The molecule has 0 fully saturated rings. The minimum absolute atomic E-state index is 0.219. The van der Waals surface area contributed by atoms with Gasteiger partial charge in [0, 0.05) is 25.3 Å². The molecule has 8 aromatic rings. The van der Waals surface area contributed by atoms with Crippen molar-refractivity contribution in [3.63, 3.8) is 0 Å². The topological polar surface area (TPSA) is 323 Å². The monoisotopic (exact) mass is 1110 g/mol. The number of nitrogens with zero attached hydrogens (tertiary/aromatic N) is 2. The Morgan fingerprint density at radius 1 is 0.427 bits per heavy atom. The predicted molar refractivity (Wildman–Crippen MR) is 314 cm³/mol. The third-order valence-corrected chi connectivity index (χ3v) is 11.7. The van der Waals surface area contributed by atoms with E-state index in [4.69, 9.17) is 42.1 Å². The number of esters is 3. The van der Waals surface area contributed by atoms with Gasteiger partial charge in [-0.15, -0.1) is 0 Å². The van der Waals surface area contributed by atoms with Crippen molar-refractivity contribution in [3.05, 3.63) is 250 Å². The number of nitrogens with two attached hydrogens (primary N) is 3. The largest absolute Gasteiger partial charge is 0.481 e. The number of benzene rings is 8. The number of fused-ring (bicyclic) bond motifs is 2. The average Bonchev–Trinajstić information content (AvgIpc) is 4.33. The quantitative estimate of drug-likeness (QED) is 0.0401. The molecule has 0 aromatic heterocycles. The second kappa shape index (κ2) is 30.7. The highest BCUT2D eigenvalue weighted by molar-refractivity contribution is 6.11. The highest BCUT2D eigenvalue weighted by atomic mass is 16.5. The van der Waals surface area contributed by atoms with Gasteiger partial charge in [-0.1, -0.05) is 121 Å². The zero-order valence-corrected chi connectivity index (χ0v) is 44.9. The van der Waals surface area contributed by atoms with Gasteiger partial charge in [-0.05, 0) is 95.1 Å². The molecule has 2 aliphatic rings. The number of rotatable bonds is 9. The third kappa shape index (κ3) is 17.4. The Kier molecular flexibility index (Phi) is 23.0. The molecule has 0 unspecified atom stereocenters. The van der Waals surface area contributed by atoms with Gasteiger partial charge in [0.2, 0.25) is 0 Å². The van der Waals surface area contributed by atoms with Gasteiger partial charge < -0.3 is 52.0 Å². The molecule has 0 radical (unpaired) electrons. The number of aliphatic carboxylic acids is 1. The Bertz CT molecular complexity index is 3610. The Hall–Kier alpha value is -11.2. The predicted octanol–water partition coefficient (Wildman–Crippen LogP) is 10.6. The van der Waals surface area contributed by atoms with E-state index in [2.05, 4.69) is 24.8 Å². The summed E-state index contributed by atoms with van der Waals surface area (Å²) in [6.07, 6.45) is 1.26. The molecule has 19 heteroatoms. The van der Waals surface area contributed by atoms with Crippen LogP contribution >= 0.6 is 0 Å². The number of carboxylic acids is 3. The van der Waals surface area contributed by atoms with Crippen LogP contribution in [0.1, 0.15) is 91.3 Å². The Morgan fingerprint density at radius 3 is 1.23 bits per heavy atom. The van der Waals surface area contributed by atoms with E-state index in [-0.39, 0.29) is 28.8 Å². The van der Waals surface area contributed by atoms with Crippen molar-refractivity contribution in [2.75, 3.05) is 43.8 Å². The fourth-order valence-electron chi connectivity index (χ4n) is 7.75. The summed E-state index contributed by atoms with van der Waals surface area (Å²) in [5, 5.41) is 27.6. The summed E-state index contributed by atoms with van der Waals surface area (Å²) in [6, 6.07) is 57.2. The van der Waals surface area contributed by atoms with Crippen molar-refractivity contribution < 1.29 is 63.1 Å². The lowest BCUT2D eigenvalue weighted by atomic mass is 10.00. The molecule has 19 nitrogen and oxygen atoms in total. The number of aromatic carboxylic acids is 2. The van der Waals surface area contributed by atoms with Crippen LogP contribution in [0.2, 0.25) is 0 Å². The van der Waals surface area contributed by atoms with Crippen molar-refractivity contribution in [1.82, 2.24) is 0 Å². The SMILES string of the molecule is CC(=O)O.COC(=O)c1cccc(N)c1N.COC(=O)c1cccc(N)c1NC(=O)c1ccccc1.COC(=O)c1cccc2c1CC(c1ccccc1)=N2.O=C(O)c1cccc2c1CC(c1ccccc1)=N2.O=C(O)c1ccccc1. The molecule has 0 bridgehead atoms. The number of carbonyl (C=O) groups is 7. The normalized spacial score (nSPS) is 10.9. The van der Waals surface area contributed by atoms with Gasteiger partial charge in [0.1, 0.15) is 0 Å². The van der Waals surface area contributed by atoms with Crippen LogP contribution < -0.4 is 22.5 Å². The average molecular weight is 1110 g/mol. The summed E-state index contributed by atoms with van der Waals surface area (Å²) in [7, 11) is 3.97. The second-order valence-electron chi connectivity index (χ2n) is 17.2. The zero-order valence-electron chi connectivity index (χ0n) is 44.9. The number of anilines is 4. The molecule has 10 rings (SSSR count). The molecule has 8 aromatic carbocycles. The summed E-state index contributed by atoms with van der Waals surface area (Å²) in [4.78, 5) is 86.0. The number of methoxy groups -OCH3 is 3. The van der Waals surface area contributed by atoms with Crippen molar-refractivity contribution >= 4 is 87.3 Å². The first-order chi connectivity index (χ1) is 39.4. The van der Waals surface area contributed by atoms with E-state index in [1.165, 1.54) is 21.3 Å². The van der Waals surface area contributed by atoms with E-state index < -0.39 is 29.8 Å². The number of aliphatic imine (C=N–C) groups is 2. The van der Waals surface area contributed by atoms with E-state index >= 15 is 0 Å². The number of amides is 1. The van der Waals surface area contributed by atoms with Crippen molar-refractivity contribution in [2.24, 2.45) is 9.98 Å². The second-order valence-corrected chi connectivity index (χ2v) is 17.2. The van der Waals surface area contributed by atoms with Gasteiger partial charge in [-0.2, -0.15) is 0 Å². The van der Waals surface area contributed by atoms with Crippen molar-refractivity contribution in [2.45, 2.75) is 19.8 Å².